The molecule has 0 aliphatic rings. The van der Waals surface area contributed by atoms with E-state index in [1.54, 1.807) is 0 Å². The molecule has 0 spiro atoms. The third-order valence-corrected chi connectivity index (χ3v) is 6.07. The van der Waals surface area contributed by atoms with Crippen LogP contribution in [-0.4, -0.2) is 34.5 Å². The van der Waals surface area contributed by atoms with E-state index in [4.69, 9.17) is 9.05 Å². The molecule has 62 valence electrons. The van der Waals surface area contributed by atoms with E-state index in [9.17, 15) is 0 Å². The summed E-state index contributed by atoms with van der Waals surface area (Å²) in [7, 11) is 0. The van der Waals surface area contributed by atoms with Gasteiger partial charge in [0.1, 0.15) is 0 Å². The average Bonchev–Trinajstić information content (AvgIpc) is 1.89. The zero-order chi connectivity index (χ0) is 8.04. The van der Waals surface area contributed by atoms with Gasteiger partial charge in [0, 0.05) is 0 Å². The molecule has 0 rings (SSSR count). The van der Waals surface area contributed by atoms with Crippen LogP contribution in [0.3, 0.4) is 0 Å². The fourth-order valence-electron chi connectivity index (χ4n) is 0.613. The third-order valence-electron chi connectivity index (χ3n) is 1.04. The van der Waals surface area contributed by atoms with Crippen LogP contribution in [0.5, 0.6) is 0 Å². The first-order valence-electron chi connectivity index (χ1n) is 3.56. The Morgan fingerprint density at radius 3 is 1.70 bits per heavy atom. The molecule has 4 heteroatoms. The van der Waals surface area contributed by atoms with E-state index >= 15 is 0 Å². The predicted octanol–water partition coefficient (Wildman–Crippen LogP) is 2.01. The summed E-state index contributed by atoms with van der Waals surface area (Å²) >= 11 is 3.01. The van der Waals surface area contributed by atoms with Crippen molar-refractivity contribution >= 4 is 21.1 Å². The second kappa shape index (κ2) is 5.51. The van der Waals surface area contributed by atoms with Crippen LogP contribution in [0.4, 0.5) is 0 Å². The van der Waals surface area contributed by atoms with E-state index in [-0.39, 0.29) is 0 Å². The van der Waals surface area contributed by atoms with Gasteiger partial charge in [-0.05, 0) is 0 Å². The Labute approximate surface area is 70.7 Å². The van der Waals surface area contributed by atoms with Crippen molar-refractivity contribution in [2.24, 2.45) is 0 Å². The molecule has 0 radical (unpaired) electrons. The van der Waals surface area contributed by atoms with Crippen LogP contribution in [0, 0.1) is 0 Å². The summed E-state index contributed by atoms with van der Waals surface area (Å²) in [5.41, 5.74) is 0. The van der Waals surface area contributed by atoms with Gasteiger partial charge in [-0.2, -0.15) is 0 Å². The van der Waals surface area contributed by atoms with Gasteiger partial charge in [0.2, 0.25) is 0 Å². The minimum atomic E-state index is -1.58. The van der Waals surface area contributed by atoms with Crippen molar-refractivity contribution in [1.82, 2.24) is 0 Å². The molecule has 0 unspecified atom stereocenters. The average molecular weight is 229 g/mol. The molecule has 0 bridgehead atoms. The Morgan fingerprint density at radius 2 is 1.50 bits per heavy atom. The molecule has 0 aromatic carbocycles. The molecule has 0 aliphatic carbocycles. The Hall–Kier alpha value is 0.869. The Morgan fingerprint density at radius 1 is 1.10 bits per heavy atom. The van der Waals surface area contributed by atoms with Crippen molar-refractivity contribution in [2.75, 3.05) is 19.4 Å². The number of hydrogen-bond acceptors (Lipinski definition) is 2. The van der Waals surface area contributed by atoms with Crippen LogP contribution in [0.1, 0.15) is 20.8 Å². The molecule has 0 amide bonds. The summed E-state index contributed by atoms with van der Waals surface area (Å²) in [4.78, 5) is 0. The molecule has 0 N–H and O–H groups in total. The van der Waals surface area contributed by atoms with Gasteiger partial charge in [0.05, 0.1) is 0 Å². The van der Waals surface area contributed by atoms with Crippen molar-refractivity contribution in [1.29, 1.82) is 0 Å². The van der Waals surface area contributed by atoms with Gasteiger partial charge < -0.3 is 0 Å². The maximum atomic E-state index is 5.45. The van der Waals surface area contributed by atoms with E-state index < -0.39 is 5.96 Å². The molecule has 0 aromatic rings. The molecule has 0 atom stereocenters. The summed E-state index contributed by atoms with van der Waals surface area (Å²) in [6.45, 7) is 7.51. The zero-order valence-corrected chi connectivity index (χ0v) is 9.40. The van der Waals surface area contributed by atoms with E-state index in [1.165, 1.54) is 0 Å². The van der Waals surface area contributed by atoms with Crippen LogP contribution in [0.25, 0.3) is 0 Å². The first-order chi connectivity index (χ1) is 4.68. The Bertz CT molecular complexity index is 117. The molecule has 0 heterocycles. The Balaban J connectivity index is 3.83. The summed E-state index contributed by atoms with van der Waals surface area (Å²) in [5.74, 6) is -1.58. The van der Waals surface area contributed by atoms with E-state index in [1.807, 2.05) is 13.8 Å². The van der Waals surface area contributed by atoms with Crippen molar-refractivity contribution in [3.05, 3.63) is 0 Å². The summed E-state index contributed by atoms with van der Waals surface area (Å²) in [6, 6.07) is 0. The van der Waals surface area contributed by atoms with Gasteiger partial charge in [-0.1, -0.05) is 0 Å². The van der Waals surface area contributed by atoms with Gasteiger partial charge in [-0.3, -0.25) is 0 Å². The van der Waals surface area contributed by atoms with Crippen molar-refractivity contribution in [3.8, 4) is 0 Å². The van der Waals surface area contributed by atoms with Crippen molar-refractivity contribution in [2.45, 2.75) is 20.8 Å². The fourth-order valence-corrected chi connectivity index (χ4v) is 3.17. The third kappa shape index (κ3) is 3.90. The molecule has 0 fully saturated rings. The van der Waals surface area contributed by atoms with Crippen LogP contribution >= 0.6 is 5.96 Å². The van der Waals surface area contributed by atoms with Crippen LogP contribution < -0.4 is 0 Å². The molecule has 2 nitrogen and oxygen atoms in total. The van der Waals surface area contributed by atoms with E-state index in [0.29, 0.717) is 0 Å². The van der Waals surface area contributed by atoms with Crippen molar-refractivity contribution in [3.63, 3.8) is 0 Å². The second-order valence-corrected chi connectivity index (χ2v) is 7.64. The minimum absolute atomic E-state index is 0.731. The first kappa shape index (κ1) is 10.9. The molecule has 0 saturated carbocycles. The molecular weight excluding hydrogens is 214 g/mol. The molecule has 0 aromatic heterocycles. The molecular formula is C6H15O2PSe. The predicted molar refractivity (Wildman–Crippen MR) is 46.5 cm³/mol. The van der Waals surface area contributed by atoms with Gasteiger partial charge >= 0.3 is 70.3 Å². The summed E-state index contributed by atoms with van der Waals surface area (Å²) in [6.07, 6.45) is 0.953. The van der Waals surface area contributed by atoms with Gasteiger partial charge in [0.15, 0.2) is 0 Å². The van der Waals surface area contributed by atoms with Crippen LogP contribution in [-0.2, 0) is 9.05 Å². The van der Waals surface area contributed by atoms with Crippen LogP contribution in [0.2, 0.25) is 0 Å². The SMILES string of the molecule is CCOP(=[Se])(CC)OCC. The second-order valence-electron chi connectivity index (χ2n) is 1.76. The summed E-state index contributed by atoms with van der Waals surface area (Å²) < 4.78 is 10.9. The Kier molecular flexibility index (Phi) is 5.99. The standard InChI is InChI=1S/C6H15O2PSe/c1-4-7-9(10,6-3)8-5-2/h4-6H2,1-3H3. The molecule has 10 heavy (non-hydrogen) atoms. The normalized spacial score (nSPS) is 11.9. The van der Waals surface area contributed by atoms with Crippen molar-refractivity contribution < 1.29 is 9.05 Å². The van der Waals surface area contributed by atoms with E-state index in [2.05, 4.69) is 22.0 Å². The maximum absolute atomic E-state index is 5.45. The van der Waals surface area contributed by atoms with Crippen LogP contribution in [0.15, 0.2) is 0 Å². The molecule has 0 aliphatic heterocycles. The van der Waals surface area contributed by atoms with Gasteiger partial charge in [0.25, 0.3) is 0 Å². The topological polar surface area (TPSA) is 18.5 Å². The van der Waals surface area contributed by atoms with E-state index in [0.717, 1.165) is 19.4 Å². The van der Waals surface area contributed by atoms with Gasteiger partial charge in [-0.15, -0.1) is 0 Å². The summed E-state index contributed by atoms with van der Waals surface area (Å²) in [5, 5.41) is 0. The zero-order valence-electron chi connectivity index (χ0n) is 6.79. The number of rotatable bonds is 5. The van der Waals surface area contributed by atoms with Gasteiger partial charge in [-0.25, -0.2) is 0 Å². The monoisotopic (exact) mass is 230 g/mol. The first-order valence-corrected chi connectivity index (χ1v) is 7.59. The number of hydrogen-bond donors (Lipinski definition) is 0. The quantitative estimate of drug-likeness (QED) is 0.530. The molecule has 0 saturated heterocycles. The fraction of sp³-hybridized carbons (Fsp3) is 1.00.